The Morgan fingerprint density at radius 1 is 1.23 bits per heavy atom. The van der Waals surface area contributed by atoms with Gasteiger partial charge in [-0.25, -0.2) is 9.37 Å². The standard InChI is InChI=1S/C26H28ClFN4O5S2/c27-21-11-18(4-6-22(21)36-13-16-2-1-3-17(28)10-16)31-25-24(26(30-15-29-25)37-14-19(34)12-33)32-23(35)7-5-20-8-9-38-39-20/h1-4,6,10-11,15,19-20,33-34H,5,7-9,12-14H2,(H,32,35)(H,29,30,31)/t19-,20-/m1/s1. The van der Waals surface area contributed by atoms with E-state index >= 15 is 0 Å². The van der Waals surface area contributed by atoms with E-state index in [1.54, 1.807) is 41.1 Å². The number of aliphatic hydroxyl groups excluding tert-OH is 2. The summed E-state index contributed by atoms with van der Waals surface area (Å²) in [5, 5.41) is 25.5. The highest BCUT2D eigenvalue weighted by molar-refractivity contribution is 8.77. The minimum Gasteiger partial charge on any atom is -0.487 e. The van der Waals surface area contributed by atoms with Crippen LogP contribution in [0.15, 0.2) is 48.8 Å². The summed E-state index contributed by atoms with van der Waals surface area (Å²) in [6, 6.07) is 11.1. The van der Waals surface area contributed by atoms with E-state index in [1.165, 1.54) is 18.5 Å². The zero-order valence-electron chi connectivity index (χ0n) is 20.8. The summed E-state index contributed by atoms with van der Waals surface area (Å²) in [6.45, 7) is -0.569. The van der Waals surface area contributed by atoms with E-state index in [1.807, 2.05) is 10.8 Å². The van der Waals surface area contributed by atoms with E-state index in [-0.39, 0.29) is 42.3 Å². The molecule has 2 atom stereocenters. The predicted octanol–water partition coefficient (Wildman–Crippen LogP) is 5.20. The number of halogens is 2. The Balaban J connectivity index is 1.47. The highest BCUT2D eigenvalue weighted by Gasteiger charge is 2.21. The molecule has 3 aromatic rings. The number of nitrogens with one attached hydrogen (secondary N) is 2. The van der Waals surface area contributed by atoms with Gasteiger partial charge in [-0.15, -0.1) is 0 Å². The van der Waals surface area contributed by atoms with Crippen LogP contribution in [-0.2, 0) is 11.4 Å². The molecule has 1 fully saturated rings. The maximum Gasteiger partial charge on any atom is 0.243 e. The summed E-state index contributed by atoms with van der Waals surface area (Å²) < 4.78 is 24.7. The minimum absolute atomic E-state index is 0.0419. The average Bonchev–Trinajstić information content (AvgIpc) is 3.45. The van der Waals surface area contributed by atoms with Crippen molar-refractivity contribution in [3.8, 4) is 11.6 Å². The van der Waals surface area contributed by atoms with E-state index in [4.69, 9.17) is 26.2 Å². The number of hydrogen-bond acceptors (Lipinski definition) is 10. The number of carbonyl (C=O) groups is 1. The highest BCUT2D eigenvalue weighted by atomic mass is 35.5. The normalized spacial score (nSPS) is 15.5. The molecule has 1 amide bonds. The van der Waals surface area contributed by atoms with Gasteiger partial charge in [0.25, 0.3) is 0 Å². The Morgan fingerprint density at radius 2 is 2.10 bits per heavy atom. The first-order chi connectivity index (χ1) is 18.9. The van der Waals surface area contributed by atoms with Crippen LogP contribution in [0, 0.1) is 5.82 Å². The second kappa shape index (κ2) is 14.6. The van der Waals surface area contributed by atoms with Gasteiger partial charge in [0.15, 0.2) is 5.82 Å². The summed E-state index contributed by atoms with van der Waals surface area (Å²) in [4.78, 5) is 21.2. The van der Waals surface area contributed by atoms with Crippen LogP contribution in [-0.4, -0.2) is 56.4 Å². The van der Waals surface area contributed by atoms with Crippen molar-refractivity contribution in [3.63, 3.8) is 0 Å². The molecular formula is C26H28ClFN4O5S2. The lowest BCUT2D eigenvalue weighted by Gasteiger charge is -2.17. The lowest BCUT2D eigenvalue weighted by Crippen LogP contribution is -2.23. The smallest absolute Gasteiger partial charge is 0.243 e. The zero-order chi connectivity index (χ0) is 27.6. The van der Waals surface area contributed by atoms with Gasteiger partial charge in [-0.05, 0) is 48.7 Å². The van der Waals surface area contributed by atoms with Crippen LogP contribution in [0.25, 0.3) is 0 Å². The Labute approximate surface area is 238 Å². The summed E-state index contributed by atoms with van der Waals surface area (Å²) in [5.41, 5.74) is 1.41. The molecule has 0 spiro atoms. The van der Waals surface area contributed by atoms with E-state index in [0.29, 0.717) is 33.7 Å². The zero-order valence-corrected chi connectivity index (χ0v) is 23.2. The number of aromatic nitrogens is 2. The van der Waals surface area contributed by atoms with Crippen molar-refractivity contribution < 1.29 is 28.9 Å². The molecule has 1 aromatic heterocycles. The molecule has 1 aliphatic heterocycles. The Bertz CT molecular complexity index is 1270. The second-order valence-electron chi connectivity index (χ2n) is 8.65. The van der Waals surface area contributed by atoms with E-state index < -0.39 is 12.7 Å². The molecule has 0 aliphatic carbocycles. The second-order valence-corrected chi connectivity index (χ2v) is 11.8. The third-order valence-electron chi connectivity index (χ3n) is 5.60. The van der Waals surface area contributed by atoms with Crippen molar-refractivity contribution in [1.82, 2.24) is 9.97 Å². The molecular weight excluding hydrogens is 567 g/mol. The maximum atomic E-state index is 13.4. The molecule has 1 aliphatic rings. The fourth-order valence-corrected chi connectivity index (χ4v) is 6.81. The Hall–Kier alpha value is -2.77. The molecule has 0 unspecified atom stereocenters. The van der Waals surface area contributed by atoms with Crippen LogP contribution in [0.2, 0.25) is 5.02 Å². The van der Waals surface area contributed by atoms with Crippen molar-refractivity contribution >= 4 is 56.3 Å². The molecule has 2 heterocycles. The number of ether oxygens (including phenoxy) is 2. The number of aliphatic hydroxyl groups is 2. The lowest BCUT2D eigenvalue weighted by molar-refractivity contribution is -0.116. The maximum absolute atomic E-state index is 13.4. The van der Waals surface area contributed by atoms with Gasteiger partial charge in [0, 0.05) is 23.1 Å². The van der Waals surface area contributed by atoms with Crippen LogP contribution in [0.4, 0.5) is 21.6 Å². The summed E-state index contributed by atoms with van der Waals surface area (Å²) in [7, 11) is 3.62. The van der Waals surface area contributed by atoms with Crippen molar-refractivity contribution in [3.05, 3.63) is 65.2 Å². The van der Waals surface area contributed by atoms with Gasteiger partial charge in [0.2, 0.25) is 11.8 Å². The van der Waals surface area contributed by atoms with Gasteiger partial charge in [0.1, 0.15) is 42.9 Å². The third kappa shape index (κ3) is 8.87. The van der Waals surface area contributed by atoms with E-state index in [2.05, 4.69) is 20.6 Å². The number of benzene rings is 2. The lowest BCUT2D eigenvalue weighted by atomic mass is 10.2. The first-order valence-electron chi connectivity index (χ1n) is 12.2. The molecule has 9 nitrogen and oxygen atoms in total. The largest absolute Gasteiger partial charge is 0.487 e. The number of anilines is 3. The van der Waals surface area contributed by atoms with E-state index in [9.17, 15) is 14.3 Å². The van der Waals surface area contributed by atoms with Crippen LogP contribution < -0.4 is 20.1 Å². The van der Waals surface area contributed by atoms with Gasteiger partial charge in [-0.2, -0.15) is 4.98 Å². The SMILES string of the molecule is O=C(CC[C@@H]1CCSS1)Nc1c(Nc2ccc(OCc3cccc(F)c3)c(Cl)c2)ncnc1OC[C@H](O)CO. The van der Waals surface area contributed by atoms with Crippen LogP contribution >= 0.6 is 33.2 Å². The topological polar surface area (TPSA) is 126 Å². The fourth-order valence-electron chi connectivity index (χ4n) is 3.59. The number of rotatable bonds is 13. The Morgan fingerprint density at radius 3 is 2.85 bits per heavy atom. The van der Waals surface area contributed by atoms with Crippen molar-refractivity contribution in [2.45, 2.75) is 37.2 Å². The summed E-state index contributed by atoms with van der Waals surface area (Å²) in [6.07, 6.45) is 2.26. The predicted molar refractivity (Wildman–Crippen MR) is 152 cm³/mol. The van der Waals surface area contributed by atoms with Crippen molar-refractivity contribution in [1.29, 1.82) is 0 Å². The molecule has 0 saturated carbocycles. The van der Waals surface area contributed by atoms with Crippen molar-refractivity contribution in [2.75, 3.05) is 29.6 Å². The third-order valence-corrected chi connectivity index (χ3v) is 8.90. The molecule has 0 bridgehead atoms. The van der Waals surface area contributed by atoms with Gasteiger partial charge >= 0.3 is 0 Å². The number of carbonyl (C=O) groups excluding carboxylic acids is 1. The number of nitrogens with zero attached hydrogens (tertiary/aromatic N) is 2. The van der Waals surface area contributed by atoms with Crippen LogP contribution in [0.5, 0.6) is 11.6 Å². The number of hydrogen-bond donors (Lipinski definition) is 4. The van der Waals surface area contributed by atoms with Gasteiger partial charge in [-0.1, -0.05) is 45.3 Å². The quantitative estimate of drug-likeness (QED) is 0.196. The molecule has 13 heteroatoms. The molecule has 39 heavy (non-hydrogen) atoms. The first kappa shape index (κ1) is 29.2. The molecule has 4 rings (SSSR count). The molecule has 208 valence electrons. The summed E-state index contributed by atoms with van der Waals surface area (Å²) in [5.74, 6) is 1.21. The molecule has 2 aromatic carbocycles. The van der Waals surface area contributed by atoms with Crippen LogP contribution in [0.1, 0.15) is 24.8 Å². The Kier molecular flexibility index (Phi) is 10.9. The van der Waals surface area contributed by atoms with E-state index in [0.717, 1.165) is 18.6 Å². The van der Waals surface area contributed by atoms with Crippen molar-refractivity contribution in [2.24, 2.45) is 0 Å². The molecule has 0 radical (unpaired) electrons. The molecule has 4 N–H and O–H groups in total. The summed E-state index contributed by atoms with van der Waals surface area (Å²) >= 11 is 6.43. The highest BCUT2D eigenvalue weighted by Crippen LogP contribution is 2.40. The van der Waals surface area contributed by atoms with Gasteiger partial charge in [-0.3, -0.25) is 4.79 Å². The number of amides is 1. The fraction of sp³-hybridized carbons (Fsp3) is 0.346. The van der Waals surface area contributed by atoms with Gasteiger partial charge in [0.05, 0.1) is 11.6 Å². The first-order valence-corrected chi connectivity index (χ1v) is 15.0. The average molecular weight is 595 g/mol. The van der Waals surface area contributed by atoms with Crippen LogP contribution in [0.3, 0.4) is 0 Å². The molecule has 1 saturated heterocycles. The minimum atomic E-state index is -1.12. The monoisotopic (exact) mass is 594 g/mol. The van der Waals surface area contributed by atoms with Gasteiger partial charge < -0.3 is 30.3 Å².